The molecule has 3 aromatic rings. The second-order valence-corrected chi connectivity index (χ2v) is 7.72. The van der Waals surface area contributed by atoms with Crippen molar-refractivity contribution in [3.8, 4) is 0 Å². The molecule has 4 rings (SSSR count). The fourth-order valence-corrected chi connectivity index (χ4v) is 4.11. The zero-order chi connectivity index (χ0) is 20.1. The van der Waals surface area contributed by atoms with E-state index in [2.05, 4.69) is 75.6 Å². The molecule has 0 spiro atoms. The number of nitrogens with zero attached hydrogens (tertiary/aromatic N) is 3. The zero-order valence-electron chi connectivity index (χ0n) is 17.0. The maximum Gasteiger partial charge on any atom is 0.159 e. The molecule has 3 N–H and O–H groups in total. The molecule has 1 aromatic heterocycles. The number of piperidine rings is 1. The highest BCUT2D eigenvalue weighted by Gasteiger charge is 2.23. The van der Waals surface area contributed by atoms with Gasteiger partial charge in [-0.05, 0) is 48.8 Å². The van der Waals surface area contributed by atoms with Crippen LogP contribution in [0.5, 0.6) is 0 Å². The number of para-hydroxylation sites is 1. The Morgan fingerprint density at radius 2 is 1.72 bits per heavy atom. The van der Waals surface area contributed by atoms with E-state index in [1.807, 2.05) is 6.07 Å². The molecular weight excluding hydrogens is 358 g/mol. The van der Waals surface area contributed by atoms with Gasteiger partial charge in [-0.15, -0.1) is 0 Å². The highest BCUT2D eigenvalue weighted by Crippen LogP contribution is 2.32. The number of anilines is 4. The third kappa shape index (κ3) is 4.50. The molecule has 0 radical (unpaired) electrons. The summed E-state index contributed by atoms with van der Waals surface area (Å²) < 4.78 is 0. The Kier molecular flexibility index (Phi) is 5.94. The summed E-state index contributed by atoms with van der Waals surface area (Å²) in [5, 5.41) is 3.41. The molecule has 0 atom stereocenters. The van der Waals surface area contributed by atoms with E-state index < -0.39 is 0 Å². The Balaban J connectivity index is 1.44. The van der Waals surface area contributed by atoms with E-state index in [-0.39, 0.29) is 0 Å². The van der Waals surface area contributed by atoms with E-state index in [4.69, 9.17) is 5.73 Å². The van der Waals surface area contributed by atoms with Crippen molar-refractivity contribution in [2.45, 2.75) is 32.6 Å². The van der Waals surface area contributed by atoms with Crippen molar-refractivity contribution in [1.82, 2.24) is 9.97 Å². The number of nitrogens with one attached hydrogen (secondary N) is 1. The molecule has 2 heterocycles. The van der Waals surface area contributed by atoms with E-state index >= 15 is 0 Å². The van der Waals surface area contributed by atoms with Gasteiger partial charge in [0.05, 0.1) is 0 Å². The van der Waals surface area contributed by atoms with Gasteiger partial charge in [0.15, 0.2) is 11.6 Å². The number of aromatic nitrogens is 2. The van der Waals surface area contributed by atoms with Crippen LogP contribution in [0.4, 0.5) is 23.0 Å². The molecule has 5 nitrogen and oxygen atoms in total. The third-order valence-corrected chi connectivity index (χ3v) is 5.80. The molecule has 29 heavy (non-hydrogen) atoms. The van der Waals surface area contributed by atoms with Crippen LogP contribution in [-0.2, 0) is 12.8 Å². The SMILES string of the molecule is CCc1ccccc1Nc1ncnc(N2CCC(Cc3ccccc3)CC2)c1N. The van der Waals surface area contributed by atoms with Crippen LogP contribution in [0.25, 0.3) is 0 Å². The average Bonchev–Trinajstić information content (AvgIpc) is 2.77. The first-order valence-corrected chi connectivity index (χ1v) is 10.5. The monoisotopic (exact) mass is 387 g/mol. The number of nitrogens with two attached hydrogens (primary N) is 1. The summed E-state index contributed by atoms with van der Waals surface area (Å²) in [6, 6.07) is 19.0. The number of benzene rings is 2. The van der Waals surface area contributed by atoms with Gasteiger partial charge in [-0.1, -0.05) is 55.5 Å². The van der Waals surface area contributed by atoms with Gasteiger partial charge in [0.2, 0.25) is 0 Å². The van der Waals surface area contributed by atoms with E-state index in [9.17, 15) is 0 Å². The van der Waals surface area contributed by atoms with Gasteiger partial charge in [-0.2, -0.15) is 0 Å². The molecule has 2 aromatic carbocycles. The molecule has 1 fully saturated rings. The molecule has 0 bridgehead atoms. The summed E-state index contributed by atoms with van der Waals surface area (Å²) in [7, 11) is 0. The number of aryl methyl sites for hydroxylation is 1. The van der Waals surface area contributed by atoms with Crippen molar-refractivity contribution in [3.05, 3.63) is 72.1 Å². The Morgan fingerprint density at radius 3 is 2.48 bits per heavy atom. The van der Waals surface area contributed by atoms with Gasteiger partial charge in [0, 0.05) is 18.8 Å². The van der Waals surface area contributed by atoms with E-state index in [1.165, 1.54) is 11.1 Å². The van der Waals surface area contributed by atoms with Crippen molar-refractivity contribution < 1.29 is 0 Å². The largest absolute Gasteiger partial charge is 0.393 e. The van der Waals surface area contributed by atoms with Crippen molar-refractivity contribution in [2.24, 2.45) is 5.92 Å². The minimum Gasteiger partial charge on any atom is -0.393 e. The number of hydrogen-bond donors (Lipinski definition) is 2. The maximum atomic E-state index is 6.48. The summed E-state index contributed by atoms with van der Waals surface area (Å²) in [6.45, 7) is 4.10. The van der Waals surface area contributed by atoms with Gasteiger partial charge in [-0.3, -0.25) is 0 Å². The van der Waals surface area contributed by atoms with Crippen LogP contribution in [-0.4, -0.2) is 23.1 Å². The van der Waals surface area contributed by atoms with E-state index in [0.717, 1.165) is 50.3 Å². The fourth-order valence-electron chi connectivity index (χ4n) is 4.11. The Morgan fingerprint density at radius 1 is 1.00 bits per heavy atom. The summed E-state index contributed by atoms with van der Waals surface area (Å²) in [4.78, 5) is 11.2. The summed E-state index contributed by atoms with van der Waals surface area (Å²) in [5.41, 5.74) is 10.8. The quantitative estimate of drug-likeness (QED) is 0.634. The normalized spacial score (nSPS) is 14.7. The number of nitrogen functional groups attached to an aromatic ring is 1. The third-order valence-electron chi connectivity index (χ3n) is 5.80. The molecule has 5 heteroatoms. The Hall–Kier alpha value is -3.08. The van der Waals surface area contributed by atoms with Crippen LogP contribution >= 0.6 is 0 Å². The highest BCUT2D eigenvalue weighted by atomic mass is 15.2. The van der Waals surface area contributed by atoms with Crippen LogP contribution in [0, 0.1) is 5.92 Å². The molecule has 0 saturated carbocycles. The average molecular weight is 388 g/mol. The van der Waals surface area contributed by atoms with Crippen LogP contribution in [0.2, 0.25) is 0 Å². The van der Waals surface area contributed by atoms with Crippen LogP contribution in [0.3, 0.4) is 0 Å². The second kappa shape index (κ2) is 8.95. The van der Waals surface area contributed by atoms with Gasteiger partial charge < -0.3 is 16.0 Å². The molecule has 1 aliphatic rings. The summed E-state index contributed by atoms with van der Waals surface area (Å²) in [6.07, 6.45) is 6.02. The lowest BCUT2D eigenvalue weighted by atomic mass is 9.90. The summed E-state index contributed by atoms with van der Waals surface area (Å²) >= 11 is 0. The lowest BCUT2D eigenvalue weighted by molar-refractivity contribution is 0.402. The van der Waals surface area contributed by atoms with Crippen molar-refractivity contribution in [1.29, 1.82) is 0 Å². The maximum absolute atomic E-state index is 6.48. The van der Waals surface area contributed by atoms with Crippen LogP contribution < -0.4 is 16.0 Å². The first-order valence-electron chi connectivity index (χ1n) is 10.5. The Labute approximate surface area is 173 Å². The predicted molar refractivity (Wildman–Crippen MR) is 121 cm³/mol. The van der Waals surface area contributed by atoms with Crippen LogP contribution in [0.1, 0.15) is 30.9 Å². The van der Waals surface area contributed by atoms with Crippen molar-refractivity contribution in [3.63, 3.8) is 0 Å². The van der Waals surface area contributed by atoms with Crippen LogP contribution in [0.15, 0.2) is 60.9 Å². The molecular formula is C24H29N5. The minimum atomic E-state index is 0.625. The van der Waals surface area contributed by atoms with Gasteiger partial charge in [0.25, 0.3) is 0 Å². The lowest BCUT2D eigenvalue weighted by Gasteiger charge is -2.33. The topological polar surface area (TPSA) is 67.1 Å². The lowest BCUT2D eigenvalue weighted by Crippen LogP contribution is -2.35. The molecule has 0 aliphatic carbocycles. The Bertz CT molecular complexity index is 933. The zero-order valence-corrected chi connectivity index (χ0v) is 17.0. The second-order valence-electron chi connectivity index (χ2n) is 7.72. The minimum absolute atomic E-state index is 0.625. The highest BCUT2D eigenvalue weighted by molar-refractivity contribution is 5.79. The molecule has 0 amide bonds. The smallest absolute Gasteiger partial charge is 0.159 e. The van der Waals surface area contributed by atoms with Gasteiger partial charge in [-0.25, -0.2) is 9.97 Å². The predicted octanol–water partition coefficient (Wildman–Crippen LogP) is 4.82. The number of rotatable bonds is 6. The number of hydrogen-bond acceptors (Lipinski definition) is 5. The van der Waals surface area contributed by atoms with Crippen molar-refractivity contribution >= 4 is 23.0 Å². The molecule has 1 aliphatic heterocycles. The first-order chi connectivity index (χ1) is 14.2. The van der Waals surface area contributed by atoms with E-state index in [1.54, 1.807) is 6.33 Å². The van der Waals surface area contributed by atoms with E-state index in [0.29, 0.717) is 17.4 Å². The van der Waals surface area contributed by atoms with Gasteiger partial charge >= 0.3 is 0 Å². The summed E-state index contributed by atoms with van der Waals surface area (Å²) in [5.74, 6) is 2.24. The fraction of sp³-hybridized carbons (Fsp3) is 0.333. The van der Waals surface area contributed by atoms with Crippen molar-refractivity contribution in [2.75, 3.05) is 29.0 Å². The molecule has 150 valence electrons. The molecule has 1 saturated heterocycles. The molecule has 0 unspecified atom stereocenters. The first kappa shape index (κ1) is 19.2. The van der Waals surface area contributed by atoms with Gasteiger partial charge in [0.1, 0.15) is 12.0 Å². The standard InChI is InChI=1S/C24H29N5/c1-2-20-10-6-7-11-21(20)28-23-22(25)24(27-17-26-23)29-14-12-19(13-15-29)16-18-8-4-3-5-9-18/h3-11,17,19H,2,12-16,25H2,1H3,(H,26,27,28).